The van der Waals surface area contributed by atoms with Crippen LogP contribution in [0.1, 0.15) is 18.5 Å². The molecule has 0 fully saturated rings. The van der Waals surface area contributed by atoms with Crippen LogP contribution in [0.15, 0.2) is 36.4 Å². The second-order valence-corrected chi connectivity index (χ2v) is 3.69. The third-order valence-corrected chi connectivity index (χ3v) is 2.80. The molecule has 0 amide bonds. The molecular formula is C13H14FN. The van der Waals surface area contributed by atoms with Gasteiger partial charge >= 0.3 is 0 Å². The highest BCUT2D eigenvalue weighted by molar-refractivity contribution is 5.86. The van der Waals surface area contributed by atoms with E-state index in [1.807, 2.05) is 37.4 Å². The van der Waals surface area contributed by atoms with Gasteiger partial charge in [-0.05, 0) is 31.0 Å². The highest BCUT2D eigenvalue weighted by Crippen LogP contribution is 2.25. The number of fused-ring (bicyclic) bond motifs is 1. The second-order valence-electron chi connectivity index (χ2n) is 3.69. The fraction of sp³-hybridized carbons (Fsp3) is 0.231. The van der Waals surface area contributed by atoms with E-state index in [-0.39, 0.29) is 11.9 Å². The van der Waals surface area contributed by atoms with Crippen LogP contribution < -0.4 is 5.32 Å². The Morgan fingerprint density at radius 2 is 1.73 bits per heavy atom. The summed E-state index contributed by atoms with van der Waals surface area (Å²) in [6.07, 6.45) is 0. The van der Waals surface area contributed by atoms with Gasteiger partial charge in [0.25, 0.3) is 0 Å². The van der Waals surface area contributed by atoms with Crippen LogP contribution in [0.2, 0.25) is 0 Å². The summed E-state index contributed by atoms with van der Waals surface area (Å²) in [4.78, 5) is 0. The van der Waals surface area contributed by atoms with Crippen molar-refractivity contribution in [1.29, 1.82) is 0 Å². The molecule has 15 heavy (non-hydrogen) atoms. The van der Waals surface area contributed by atoms with Gasteiger partial charge in [-0.15, -0.1) is 0 Å². The van der Waals surface area contributed by atoms with E-state index in [0.717, 1.165) is 10.9 Å². The molecule has 0 radical (unpaired) electrons. The van der Waals surface area contributed by atoms with Crippen LogP contribution in [0.25, 0.3) is 10.8 Å². The molecule has 1 nitrogen and oxygen atoms in total. The molecule has 1 N–H and O–H groups in total. The predicted octanol–water partition coefficient (Wildman–Crippen LogP) is 3.26. The maximum Gasteiger partial charge on any atom is 0.131 e. The molecule has 0 bridgehead atoms. The smallest absolute Gasteiger partial charge is 0.131 e. The topological polar surface area (TPSA) is 12.0 Å². The minimum atomic E-state index is -0.155. The van der Waals surface area contributed by atoms with Crippen LogP contribution in [-0.4, -0.2) is 7.05 Å². The molecule has 0 aliphatic rings. The van der Waals surface area contributed by atoms with Gasteiger partial charge in [0, 0.05) is 11.4 Å². The molecule has 0 aliphatic heterocycles. The van der Waals surface area contributed by atoms with E-state index >= 15 is 0 Å². The molecular weight excluding hydrogens is 189 g/mol. The summed E-state index contributed by atoms with van der Waals surface area (Å²) >= 11 is 0. The maximum absolute atomic E-state index is 13.5. The van der Waals surface area contributed by atoms with E-state index in [4.69, 9.17) is 0 Å². The van der Waals surface area contributed by atoms with Gasteiger partial charge in [-0.2, -0.15) is 0 Å². The Morgan fingerprint density at radius 3 is 2.40 bits per heavy atom. The van der Waals surface area contributed by atoms with Crippen molar-refractivity contribution in [2.45, 2.75) is 13.0 Å². The average molecular weight is 203 g/mol. The van der Waals surface area contributed by atoms with Gasteiger partial charge in [-0.25, -0.2) is 4.39 Å². The molecule has 0 saturated carbocycles. The summed E-state index contributed by atoms with van der Waals surface area (Å²) in [6.45, 7) is 2.07. The first kappa shape index (κ1) is 10.1. The molecule has 0 heterocycles. The van der Waals surface area contributed by atoms with Crippen molar-refractivity contribution in [1.82, 2.24) is 5.32 Å². The van der Waals surface area contributed by atoms with Crippen molar-refractivity contribution in [3.8, 4) is 0 Å². The lowest BCUT2D eigenvalue weighted by Crippen LogP contribution is -2.12. The molecule has 0 aliphatic carbocycles. The molecule has 0 spiro atoms. The first-order chi connectivity index (χ1) is 7.24. The van der Waals surface area contributed by atoms with Crippen molar-refractivity contribution < 1.29 is 4.39 Å². The monoisotopic (exact) mass is 203 g/mol. The zero-order chi connectivity index (χ0) is 10.8. The van der Waals surface area contributed by atoms with Gasteiger partial charge in [0.05, 0.1) is 0 Å². The maximum atomic E-state index is 13.5. The number of rotatable bonds is 2. The van der Waals surface area contributed by atoms with Crippen molar-refractivity contribution >= 4 is 10.8 Å². The number of nitrogens with one attached hydrogen (secondary N) is 1. The first-order valence-electron chi connectivity index (χ1n) is 5.08. The molecule has 2 aromatic rings. The van der Waals surface area contributed by atoms with E-state index in [1.165, 1.54) is 6.07 Å². The summed E-state index contributed by atoms with van der Waals surface area (Å²) in [5.41, 5.74) is 1.13. The first-order valence-corrected chi connectivity index (χ1v) is 5.08. The predicted molar refractivity (Wildman–Crippen MR) is 61.4 cm³/mol. The van der Waals surface area contributed by atoms with Gasteiger partial charge < -0.3 is 5.32 Å². The minimum absolute atomic E-state index is 0.155. The normalized spacial score (nSPS) is 13.0. The van der Waals surface area contributed by atoms with Crippen molar-refractivity contribution in [3.63, 3.8) is 0 Å². The lowest BCUT2D eigenvalue weighted by Gasteiger charge is -2.13. The number of benzene rings is 2. The standard InChI is InChI=1S/C13H14FN/c1-9(15-2)10-7-8-13(14)12-6-4-3-5-11(10)12/h3-9,15H,1-2H3. The van der Waals surface area contributed by atoms with Gasteiger partial charge in [0.2, 0.25) is 0 Å². The number of hydrogen-bond acceptors (Lipinski definition) is 1. The van der Waals surface area contributed by atoms with E-state index in [9.17, 15) is 4.39 Å². The second kappa shape index (κ2) is 3.99. The van der Waals surface area contributed by atoms with Crippen LogP contribution in [0, 0.1) is 5.82 Å². The number of hydrogen-bond donors (Lipinski definition) is 1. The Bertz CT molecular complexity index is 479. The molecule has 1 unspecified atom stereocenters. The highest BCUT2D eigenvalue weighted by Gasteiger charge is 2.09. The Balaban J connectivity index is 2.71. The summed E-state index contributed by atoms with van der Waals surface area (Å²) in [7, 11) is 1.91. The Morgan fingerprint density at radius 1 is 1.07 bits per heavy atom. The molecule has 78 valence electrons. The SMILES string of the molecule is CNC(C)c1ccc(F)c2ccccc12. The molecule has 0 aromatic heterocycles. The van der Waals surface area contributed by atoms with Crippen molar-refractivity contribution in [2.75, 3.05) is 7.05 Å². The summed E-state index contributed by atoms with van der Waals surface area (Å²) in [6, 6.07) is 11.2. The molecule has 0 saturated heterocycles. The van der Waals surface area contributed by atoms with E-state index in [2.05, 4.69) is 12.2 Å². The van der Waals surface area contributed by atoms with Gasteiger partial charge in [-0.3, -0.25) is 0 Å². The third kappa shape index (κ3) is 1.73. The van der Waals surface area contributed by atoms with Crippen molar-refractivity contribution in [2.24, 2.45) is 0 Å². The van der Waals surface area contributed by atoms with Gasteiger partial charge in [0.15, 0.2) is 0 Å². The zero-order valence-electron chi connectivity index (χ0n) is 8.92. The lowest BCUT2D eigenvalue weighted by molar-refractivity contribution is 0.632. The molecule has 2 heteroatoms. The summed E-state index contributed by atoms with van der Waals surface area (Å²) in [5.74, 6) is -0.155. The van der Waals surface area contributed by atoms with Gasteiger partial charge in [-0.1, -0.05) is 30.3 Å². The van der Waals surface area contributed by atoms with Crippen LogP contribution in [-0.2, 0) is 0 Å². The van der Waals surface area contributed by atoms with E-state index in [1.54, 1.807) is 0 Å². The summed E-state index contributed by atoms with van der Waals surface area (Å²) < 4.78 is 13.5. The average Bonchev–Trinajstić information content (AvgIpc) is 2.29. The highest BCUT2D eigenvalue weighted by atomic mass is 19.1. The van der Waals surface area contributed by atoms with Crippen LogP contribution in [0.3, 0.4) is 0 Å². The largest absolute Gasteiger partial charge is 0.313 e. The Hall–Kier alpha value is -1.41. The number of halogens is 1. The van der Waals surface area contributed by atoms with E-state index in [0.29, 0.717) is 5.39 Å². The Kier molecular flexibility index (Phi) is 2.69. The lowest BCUT2D eigenvalue weighted by atomic mass is 9.99. The van der Waals surface area contributed by atoms with E-state index < -0.39 is 0 Å². The molecule has 2 rings (SSSR count). The molecule has 1 atom stereocenters. The van der Waals surface area contributed by atoms with Crippen LogP contribution in [0.5, 0.6) is 0 Å². The minimum Gasteiger partial charge on any atom is -0.313 e. The molecule has 2 aromatic carbocycles. The third-order valence-electron chi connectivity index (χ3n) is 2.80. The van der Waals surface area contributed by atoms with Crippen LogP contribution >= 0.6 is 0 Å². The zero-order valence-corrected chi connectivity index (χ0v) is 8.92. The Labute approximate surface area is 88.9 Å². The van der Waals surface area contributed by atoms with Gasteiger partial charge in [0.1, 0.15) is 5.82 Å². The van der Waals surface area contributed by atoms with Crippen molar-refractivity contribution in [3.05, 3.63) is 47.8 Å². The quantitative estimate of drug-likeness (QED) is 0.790. The van der Waals surface area contributed by atoms with Crippen LogP contribution in [0.4, 0.5) is 4.39 Å². The summed E-state index contributed by atoms with van der Waals surface area (Å²) in [5, 5.41) is 4.85. The fourth-order valence-electron chi connectivity index (χ4n) is 1.82. The fourth-order valence-corrected chi connectivity index (χ4v) is 1.82.